The van der Waals surface area contributed by atoms with Crippen molar-refractivity contribution >= 4 is 5.95 Å². The Bertz CT molecular complexity index is 336. The molecule has 2 rings (SSSR count). The number of nitrogens with zero attached hydrogens (tertiary/aromatic N) is 3. The molecule has 1 aromatic rings. The highest BCUT2D eigenvalue weighted by Gasteiger charge is 2.14. The van der Waals surface area contributed by atoms with Gasteiger partial charge < -0.3 is 15.4 Å². The number of aryl methyl sites for hydroxylation is 1. The molecular formula is C10H16N4O. The summed E-state index contributed by atoms with van der Waals surface area (Å²) in [6, 6.07) is 1.92. The van der Waals surface area contributed by atoms with Crippen LogP contribution < -0.4 is 10.6 Å². The number of ether oxygens (including phenoxy) is 1. The van der Waals surface area contributed by atoms with E-state index < -0.39 is 0 Å². The summed E-state index contributed by atoms with van der Waals surface area (Å²) < 4.78 is 5.29. The Morgan fingerprint density at radius 1 is 1.40 bits per heavy atom. The molecule has 0 aromatic carbocycles. The number of nitrogens with two attached hydrogens (primary N) is 1. The van der Waals surface area contributed by atoms with Crippen LogP contribution in [0.3, 0.4) is 0 Å². The van der Waals surface area contributed by atoms with Gasteiger partial charge in [0.25, 0.3) is 0 Å². The van der Waals surface area contributed by atoms with Gasteiger partial charge in [0.15, 0.2) is 0 Å². The summed E-state index contributed by atoms with van der Waals surface area (Å²) >= 11 is 0. The first-order valence-corrected chi connectivity index (χ1v) is 5.17. The maximum Gasteiger partial charge on any atom is 0.225 e. The lowest BCUT2D eigenvalue weighted by Crippen LogP contribution is -2.37. The summed E-state index contributed by atoms with van der Waals surface area (Å²) in [4.78, 5) is 11.0. The third-order valence-electron chi connectivity index (χ3n) is 2.40. The predicted octanol–water partition coefficient (Wildman–Crippen LogP) is 0.0803. The maximum absolute atomic E-state index is 5.58. The lowest BCUT2D eigenvalue weighted by Gasteiger charge is -2.27. The largest absolute Gasteiger partial charge is 0.378 e. The van der Waals surface area contributed by atoms with Crippen molar-refractivity contribution in [2.45, 2.75) is 13.5 Å². The second-order valence-corrected chi connectivity index (χ2v) is 3.60. The van der Waals surface area contributed by atoms with E-state index in [1.165, 1.54) is 0 Å². The van der Waals surface area contributed by atoms with Crippen LogP contribution in [0.1, 0.15) is 11.4 Å². The SMILES string of the molecule is Cc1cc(CN)nc(N2CCOCC2)n1. The Kier molecular flexibility index (Phi) is 3.13. The molecule has 0 spiro atoms. The molecule has 5 nitrogen and oxygen atoms in total. The van der Waals surface area contributed by atoms with Crippen molar-refractivity contribution in [2.24, 2.45) is 5.73 Å². The van der Waals surface area contributed by atoms with Crippen LogP contribution in [0.15, 0.2) is 6.07 Å². The molecule has 0 saturated carbocycles. The number of aromatic nitrogens is 2. The first kappa shape index (κ1) is 10.3. The number of anilines is 1. The Hall–Kier alpha value is -1.20. The number of hydrogen-bond donors (Lipinski definition) is 1. The summed E-state index contributed by atoms with van der Waals surface area (Å²) in [6.45, 7) is 5.62. The standard InChI is InChI=1S/C10H16N4O/c1-8-6-9(7-11)13-10(12-8)14-2-4-15-5-3-14/h6H,2-5,7,11H2,1H3. The van der Waals surface area contributed by atoms with E-state index in [-0.39, 0.29) is 0 Å². The van der Waals surface area contributed by atoms with Crippen molar-refractivity contribution in [3.8, 4) is 0 Å². The smallest absolute Gasteiger partial charge is 0.225 e. The molecule has 0 aliphatic carbocycles. The Morgan fingerprint density at radius 2 is 2.13 bits per heavy atom. The van der Waals surface area contributed by atoms with Crippen LogP contribution in [-0.4, -0.2) is 36.3 Å². The second kappa shape index (κ2) is 4.55. The fourth-order valence-electron chi connectivity index (χ4n) is 1.63. The van der Waals surface area contributed by atoms with Crippen molar-refractivity contribution in [3.05, 3.63) is 17.5 Å². The Morgan fingerprint density at radius 3 is 2.80 bits per heavy atom. The molecule has 0 atom stereocenters. The third-order valence-corrected chi connectivity index (χ3v) is 2.40. The highest BCUT2D eigenvalue weighted by atomic mass is 16.5. The van der Waals surface area contributed by atoms with Gasteiger partial charge in [-0.1, -0.05) is 0 Å². The van der Waals surface area contributed by atoms with Gasteiger partial charge in [-0.15, -0.1) is 0 Å². The van der Waals surface area contributed by atoms with E-state index >= 15 is 0 Å². The summed E-state index contributed by atoms with van der Waals surface area (Å²) in [5.74, 6) is 0.777. The minimum Gasteiger partial charge on any atom is -0.378 e. The molecule has 1 fully saturated rings. The molecule has 0 unspecified atom stereocenters. The molecule has 5 heteroatoms. The van der Waals surface area contributed by atoms with Crippen molar-refractivity contribution in [2.75, 3.05) is 31.2 Å². The summed E-state index contributed by atoms with van der Waals surface area (Å²) in [7, 11) is 0. The monoisotopic (exact) mass is 208 g/mol. The van der Waals surface area contributed by atoms with Gasteiger partial charge in [0.2, 0.25) is 5.95 Å². The van der Waals surface area contributed by atoms with Gasteiger partial charge in [-0.2, -0.15) is 0 Å². The summed E-state index contributed by atoms with van der Waals surface area (Å²) in [5.41, 5.74) is 7.44. The fraction of sp³-hybridized carbons (Fsp3) is 0.600. The molecule has 0 radical (unpaired) electrons. The van der Waals surface area contributed by atoms with Crippen molar-refractivity contribution in [1.82, 2.24) is 9.97 Å². The zero-order valence-corrected chi connectivity index (χ0v) is 8.94. The second-order valence-electron chi connectivity index (χ2n) is 3.60. The molecule has 1 aliphatic heterocycles. The van der Waals surface area contributed by atoms with Crippen LogP contribution in [0, 0.1) is 6.92 Å². The highest BCUT2D eigenvalue weighted by Crippen LogP contribution is 2.11. The predicted molar refractivity (Wildman–Crippen MR) is 57.7 cm³/mol. The molecule has 1 aliphatic rings. The average Bonchev–Trinajstić information content (AvgIpc) is 2.29. The first-order valence-electron chi connectivity index (χ1n) is 5.17. The van der Waals surface area contributed by atoms with Crippen LogP contribution in [0.5, 0.6) is 0 Å². The quantitative estimate of drug-likeness (QED) is 0.745. The van der Waals surface area contributed by atoms with Crippen molar-refractivity contribution < 1.29 is 4.74 Å². The average molecular weight is 208 g/mol. The van der Waals surface area contributed by atoms with E-state index in [0.29, 0.717) is 6.54 Å². The Balaban J connectivity index is 2.22. The number of rotatable bonds is 2. The maximum atomic E-state index is 5.58. The van der Waals surface area contributed by atoms with E-state index in [0.717, 1.165) is 43.6 Å². The van der Waals surface area contributed by atoms with E-state index in [9.17, 15) is 0 Å². The van der Waals surface area contributed by atoms with Crippen LogP contribution >= 0.6 is 0 Å². The van der Waals surface area contributed by atoms with Gasteiger partial charge in [-0.05, 0) is 13.0 Å². The van der Waals surface area contributed by atoms with Crippen molar-refractivity contribution in [1.29, 1.82) is 0 Å². The van der Waals surface area contributed by atoms with Crippen LogP contribution in [0.25, 0.3) is 0 Å². The van der Waals surface area contributed by atoms with Gasteiger partial charge in [0, 0.05) is 25.3 Å². The molecular weight excluding hydrogens is 192 g/mol. The lowest BCUT2D eigenvalue weighted by atomic mass is 10.3. The molecule has 1 saturated heterocycles. The third kappa shape index (κ3) is 2.43. The van der Waals surface area contributed by atoms with Crippen LogP contribution in [-0.2, 0) is 11.3 Å². The normalized spacial score (nSPS) is 16.8. The molecule has 0 amide bonds. The van der Waals surface area contributed by atoms with E-state index in [2.05, 4.69) is 14.9 Å². The molecule has 2 heterocycles. The zero-order chi connectivity index (χ0) is 10.7. The van der Waals surface area contributed by atoms with E-state index in [1.54, 1.807) is 0 Å². The van der Waals surface area contributed by atoms with Gasteiger partial charge >= 0.3 is 0 Å². The number of hydrogen-bond acceptors (Lipinski definition) is 5. The highest BCUT2D eigenvalue weighted by molar-refractivity contribution is 5.32. The van der Waals surface area contributed by atoms with Gasteiger partial charge in [-0.25, -0.2) is 9.97 Å². The van der Waals surface area contributed by atoms with Gasteiger partial charge in [0.1, 0.15) is 0 Å². The van der Waals surface area contributed by atoms with Crippen LogP contribution in [0.4, 0.5) is 5.95 Å². The minimum atomic E-state index is 0.459. The van der Waals surface area contributed by atoms with Crippen molar-refractivity contribution in [3.63, 3.8) is 0 Å². The molecule has 15 heavy (non-hydrogen) atoms. The molecule has 0 bridgehead atoms. The summed E-state index contributed by atoms with van der Waals surface area (Å²) in [5, 5.41) is 0. The van der Waals surface area contributed by atoms with E-state index in [4.69, 9.17) is 10.5 Å². The zero-order valence-electron chi connectivity index (χ0n) is 8.94. The molecule has 1 aromatic heterocycles. The van der Waals surface area contributed by atoms with Crippen LogP contribution in [0.2, 0.25) is 0 Å². The van der Waals surface area contributed by atoms with Gasteiger partial charge in [0.05, 0.1) is 18.9 Å². The van der Waals surface area contributed by atoms with E-state index in [1.807, 2.05) is 13.0 Å². The molecule has 2 N–H and O–H groups in total. The lowest BCUT2D eigenvalue weighted by molar-refractivity contribution is 0.122. The first-order chi connectivity index (χ1) is 7.29. The fourth-order valence-corrected chi connectivity index (χ4v) is 1.63. The number of morpholine rings is 1. The topological polar surface area (TPSA) is 64.3 Å². The summed E-state index contributed by atoms with van der Waals surface area (Å²) in [6.07, 6.45) is 0. The Labute approximate surface area is 89.3 Å². The molecule has 82 valence electrons. The van der Waals surface area contributed by atoms with Gasteiger partial charge in [-0.3, -0.25) is 0 Å². The minimum absolute atomic E-state index is 0.459.